The number of hydrazone groups is 1. The topological polar surface area (TPSA) is 98.2 Å². The van der Waals surface area contributed by atoms with E-state index in [0.29, 0.717) is 39.3 Å². The maximum atomic E-state index is 12.8. The molecule has 0 saturated heterocycles. The molecule has 0 aliphatic heterocycles. The predicted octanol–water partition coefficient (Wildman–Crippen LogP) is 5.95. The number of benzene rings is 3. The largest absolute Gasteiger partial charge is 0.493 e. The van der Waals surface area contributed by atoms with Gasteiger partial charge in [-0.25, -0.2) is 5.43 Å². The summed E-state index contributed by atoms with van der Waals surface area (Å²) < 4.78 is 16.9. The maximum absolute atomic E-state index is 12.8. The van der Waals surface area contributed by atoms with E-state index in [2.05, 4.69) is 15.8 Å². The first-order chi connectivity index (χ1) is 19.2. The van der Waals surface area contributed by atoms with E-state index in [1.54, 1.807) is 42.5 Å². The van der Waals surface area contributed by atoms with Crippen molar-refractivity contribution in [3.63, 3.8) is 0 Å². The summed E-state index contributed by atoms with van der Waals surface area (Å²) in [5.41, 5.74) is 4.89. The standard InChI is InChI=1S/C30H33Cl2N3O5/c1-19(2)13-25(34-29(36)18-40-26-8-6-5-7-20(26)3)30(37)35-33-16-21-9-12-27(28(14-21)38-4)39-17-22-10-11-23(31)15-24(22)32/h5-12,14-16,19,25H,13,17-18H2,1-4H3,(H,34,36)(H,35,37)/b33-16-/t25-/m0/s1. The number of aryl methyl sites for hydroxylation is 1. The molecule has 2 amide bonds. The van der Waals surface area contributed by atoms with Gasteiger partial charge >= 0.3 is 0 Å². The molecule has 0 bridgehead atoms. The van der Waals surface area contributed by atoms with Crippen LogP contribution in [-0.2, 0) is 16.2 Å². The summed E-state index contributed by atoms with van der Waals surface area (Å²) in [6, 6.07) is 17.1. The number of rotatable bonds is 13. The number of nitrogens with one attached hydrogen (secondary N) is 2. The summed E-state index contributed by atoms with van der Waals surface area (Å²) in [4.78, 5) is 25.3. The normalized spacial score (nSPS) is 11.8. The van der Waals surface area contributed by atoms with Gasteiger partial charge in [0.2, 0.25) is 0 Å². The van der Waals surface area contributed by atoms with Crippen LogP contribution in [0.25, 0.3) is 0 Å². The first-order valence-corrected chi connectivity index (χ1v) is 13.5. The minimum absolute atomic E-state index is 0.164. The monoisotopic (exact) mass is 585 g/mol. The predicted molar refractivity (Wildman–Crippen MR) is 158 cm³/mol. The van der Waals surface area contributed by atoms with Crippen LogP contribution in [0.2, 0.25) is 10.0 Å². The Morgan fingerprint density at radius 3 is 2.45 bits per heavy atom. The zero-order valence-electron chi connectivity index (χ0n) is 22.9. The van der Waals surface area contributed by atoms with Crippen LogP contribution in [-0.4, -0.2) is 37.8 Å². The molecule has 0 fully saturated rings. The van der Waals surface area contributed by atoms with Crippen molar-refractivity contribution < 1.29 is 23.8 Å². The second-order valence-electron chi connectivity index (χ2n) is 9.47. The molecule has 0 unspecified atom stereocenters. The zero-order valence-corrected chi connectivity index (χ0v) is 24.4. The van der Waals surface area contributed by atoms with Crippen LogP contribution in [0.3, 0.4) is 0 Å². The Labute approximate surface area is 244 Å². The van der Waals surface area contributed by atoms with Gasteiger partial charge in [0.1, 0.15) is 18.4 Å². The third-order valence-corrected chi connectivity index (χ3v) is 6.37. The summed E-state index contributed by atoms with van der Waals surface area (Å²) in [6.45, 7) is 5.86. The molecular weight excluding hydrogens is 553 g/mol. The number of amides is 2. The summed E-state index contributed by atoms with van der Waals surface area (Å²) in [6.07, 6.45) is 1.92. The highest BCUT2D eigenvalue weighted by Crippen LogP contribution is 2.30. The Balaban J connectivity index is 1.57. The lowest BCUT2D eigenvalue weighted by atomic mass is 10.0. The minimum atomic E-state index is -0.768. The third kappa shape index (κ3) is 9.47. The van der Waals surface area contributed by atoms with Crippen LogP contribution in [0.1, 0.15) is 37.0 Å². The number of carbonyl (C=O) groups excluding carboxylic acids is 2. The van der Waals surface area contributed by atoms with Crippen molar-refractivity contribution in [2.75, 3.05) is 13.7 Å². The number of carbonyl (C=O) groups is 2. The average molecular weight is 587 g/mol. The molecule has 0 aliphatic carbocycles. The van der Waals surface area contributed by atoms with Crippen LogP contribution in [0.15, 0.2) is 65.8 Å². The Kier molecular flexibility index (Phi) is 11.7. The molecule has 10 heteroatoms. The molecule has 40 heavy (non-hydrogen) atoms. The van der Waals surface area contributed by atoms with Crippen LogP contribution >= 0.6 is 23.2 Å². The molecule has 8 nitrogen and oxygen atoms in total. The molecule has 0 saturated carbocycles. The summed E-state index contributed by atoms with van der Waals surface area (Å²) >= 11 is 12.2. The molecule has 0 radical (unpaired) electrons. The first-order valence-electron chi connectivity index (χ1n) is 12.7. The van der Waals surface area contributed by atoms with E-state index >= 15 is 0 Å². The van der Waals surface area contributed by atoms with Gasteiger partial charge in [0.05, 0.1) is 13.3 Å². The molecule has 3 aromatic rings. The summed E-state index contributed by atoms with van der Waals surface area (Å²) in [5.74, 6) is 0.958. The lowest BCUT2D eigenvalue weighted by Crippen LogP contribution is -2.47. The quantitative estimate of drug-likeness (QED) is 0.191. The number of nitrogens with zero attached hydrogens (tertiary/aromatic N) is 1. The van der Waals surface area contributed by atoms with E-state index < -0.39 is 17.9 Å². The van der Waals surface area contributed by atoms with Crippen LogP contribution in [0.5, 0.6) is 17.2 Å². The van der Waals surface area contributed by atoms with Crippen LogP contribution in [0.4, 0.5) is 0 Å². The fourth-order valence-electron chi connectivity index (χ4n) is 3.73. The van der Waals surface area contributed by atoms with Gasteiger partial charge < -0.3 is 19.5 Å². The maximum Gasteiger partial charge on any atom is 0.262 e. The highest BCUT2D eigenvalue weighted by atomic mass is 35.5. The zero-order chi connectivity index (χ0) is 29.1. The third-order valence-electron chi connectivity index (χ3n) is 5.79. The molecule has 3 aromatic carbocycles. The SMILES string of the molecule is COc1cc(/C=N\NC(=O)[C@H](CC(C)C)NC(=O)COc2ccccc2C)ccc1OCc1ccc(Cl)cc1Cl. The number of para-hydroxylation sites is 1. The van der Waals surface area contributed by atoms with Crippen molar-refractivity contribution in [2.24, 2.45) is 11.0 Å². The van der Waals surface area contributed by atoms with Gasteiger partial charge in [-0.15, -0.1) is 0 Å². The Hall–Kier alpha value is -3.75. The average Bonchev–Trinajstić information content (AvgIpc) is 2.91. The van der Waals surface area contributed by atoms with Gasteiger partial charge in [-0.3, -0.25) is 9.59 Å². The summed E-state index contributed by atoms with van der Waals surface area (Å²) in [7, 11) is 1.53. The van der Waals surface area contributed by atoms with Gasteiger partial charge in [0, 0.05) is 15.6 Å². The molecule has 3 rings (SSSR count). The molecule has 2 N–H and O–H groups in total. The Bertz CT molecular complexity index is 1350. The number of hydrogen-bond donors (Lipinski definition) is 2. The molecular formula is C30H33Cl2N3O5. The number of methoxy groups -OCH3 is 1. The second kappa shape index (κ2) is 15.1. The van der Waals surface area contributed by atoms with E-state index in [1.165, 1.54) is 13.3 Å². The van der Waals surface area contributed by atoms with Gasteiger partial charge in [0.15, 0.2) is 18.1 Å². The number of ether oxygens (including phenoxy) is 3. The van der Waals surface area contributed by atoms with E-state index in [4.69, 9.17) is 37.4 Å². The smallest absolute Gasteiger partial charge is 0.262 e. The van der Waals surface area contributed by atoms with Gasteiger partial charge in [0.25, 0.3) is 11.8 Å². The molecule has 0 aliphatic rings. The van der Waals surface area contributed by atoms with Crippen molar-refractivity contribution in [3.8, 4) is 17.2 Å². The summed E-state index contributed by atoms with van der Waals surface area (Å²) in [5, 5.41) is 7.87. The first kappa shape index (κ1) is 30.8. The van der Waals surface area contributed by atoms with Crippen molar-refractivity contribution in [2.45, 2.75) is 39.8 Å². The highest BCUT2D eigenvalue weighted by molar-refractivity contribution is 6.35. The van der Waals surface area contributed by atoms with E-state index in [0.717, 1.165) is 11.1 Å². The van der Waals surface area contributed by atoms with E-state index in [-0.39, 0.29) is 19.1 Å². The van der Waals surface area contributed by atoms with Gasteiger partial charge in [-0.05, 0) is 66.8 Å². The second-order valence-corrected chi connectivity index (χ2v) is 10.3. The van der Waals surface area contributed by atoms with Crippen molar-refractivity contribution in [3.05, 3.63) is 87.4 Å². The molecule has 212 valence electrons. The van der Waals surface area contributed by atoms with Crippen LogP contribution in [0, 0.1) is 12.8 Å². The van der Waals surface area contributed by atoms with Crippen molar-refractivity contribution >= 4 is 41.2 Å². The highest BCUT2D eigenvalue weighted by Gasteiger charge is 2.22. The van der Waals surface area contributed by atoms with Gasteiger partial charge in [-0.2, -0.15) is 5.10 Å². The van der Waals surface area contributed by atoms with E-state index in [9.17, 15) is 9.59 Å². The number of halogens is 2. The Morgan fingerprint density at radius 1 is 0.975 bits per heavy atom. The lowest BCUT2D eigenvalue weighted by Gasteiger charge is -2.19. The molecule has 1 atom stereocenters. The van der Waals surface area contributed by atoms with Crippen LogP contribution < -0.4 is 25.0 Å². The minimum Gasteiger partial charge on any atom is -0.493 e. The van der Waals surface area contributed by atoms with E-state index in [1.807, 2.05) is 39.0 Å². The molecule has 0 spiro atoms. The molecule has 0 aromatic heterocycles. The Morgan fingerprint density at radius 2 is 1.75 bits per heavy atom. The van der Waals surface area contributed by atoms with Gasteiger partial charge in [-0.1, -0.05) is 61.3 Å². The molecule has 0 heterocycles. The van der Waals surface area contributed by atoms with Crippen molar-refractivity contribution in [1.82, 2.24) is 10.7 Å². The fourth-order valence-corrected chi connectivity index (χ4v) is 4.19. The fraction of sp³-hybridized carbons (Fsp3) is 0.300. The van der Waals surface area contributed by atoms with Crippen molar-refractivity contribution in [1.29, 1.82) is 0 Å². The lowest BCUT2D eigenvalue weighted by molar-refractivity contribution is -0.130. The number of hydrogen-bond acceptors (Lipinski definition) is 6.